The molecule has 62 valence electrons. The lowest BCUT2D eigenvalue weighted by atomic mass is 10.5. The van der Waals surface area contributed by atoms with E-state index in [1.165, 1.54) is 2.88 Å². The van der Waals surface area contributed by atoms with Gasteiger partial charge in [-0.25, -0.2) is 4.98 Å². The van der Waals surface area contributed by atoms with E-state index in [2.05, 4.69) is 27.6 Å². The summed E-state index contributed by atoms with van der Waals surface area (Å²) in [6.45, 7) is 0. The molecule has 12 heavy (non-hydrogen) atoms. The number of thiophene rings is 1. The maximum absolute atomic E-state index is 5.81. The first-order valence-corrected chi connectivity index (χ1v) is 6.22. The van der Waals surface area contributed by atoms with Gasteiger partial charge in [0.05, 0.1) is 18.3 Å². The highest BCUT2D eigenvalue weighted by molar-refractivity contribution is 14.1. The van der Waals surface area contributed by atoms with Gasteiger partial charge in [0.15, 0.2) is 0 Å². The average Bonchev–Trinajstić information content (AvgIpc) is 2.58. The predicted octanol–water partition coefficient (Wildman–Crippen LogP) is 4.13. The summed E-state index contributed by atoms with van der Waals surface area (Å²) >= 11 is 11.3. The molecule has 2 aromatic heterocycles. The molecule has 0 aromatic carbocycles. The van der Waals surface area contributed by atoms with Crippen molar-refractivity contribution in [1.29, 1.82) is 0 Å². The Morgan fingerprint density at radius 2 is 2.17 bits per heavy atom. The maximum atomic E-state index is 5.81. The number of nitrogens with zero attached hydrogens (tertiary/aromatic N) is 1. The number of rotatable bonds is 1. The summed E-state index contributed by atoms with van der Waals surface area (Å²) in [4.78, 5) is 5.41. The van der Waals surface area contributed by atoms with Crippen molar-refractivity contribution in [3.05, 3.63) is 25.5 Å². The second-order valence-electron chi connectivity index (χ2n) is 2.07. The highest BCUT2D eigenvalue weighted by atomic mass is 127. The summed E-state index contributed by atoms with van der Waals surface area (Å²) in [6.07, 6.45) is 1.87. The molecule has 0 amide bonds. The largest absolute Gasteiger partial charge is 0.243 e. The Kier molecular flexibility index (Phi) is 2.69. The van der Waals surface area contributed by atoms with Crippen LogP contribution in [-0.2, 0) is 0 Å². The number of aromatic nitrogens is 1. The lowest BCUT2D eigenvalue weighted by Crippen LogP contribution is -1.63. The lowest BCUT2D eigenvalue weighted by molar-refractivity contribution is 1.42. The van der Waals surface area contributed by atoms with Crippen LogP contribution in [0.4, 0.5) is 0 Å². The molecule has 0 atom stereocenters. The Balaban J connectivity index is 2.43. The lowest BCUT2D eigenvalue weighted by Gasteiger charge is -1.84. The van der Waals surface area contributed by atoms with Crippen molar-refractivity contribution in [3.8, 4) is 9.88 Å². The molecule has 0 aliphatic heterocycles. The zero-order chi connectivity index (χ0) is 8.55. The Labute approximate surface area is 96.6 Å². The van der Waals surface area contributed by atoms with E-state index >= 15 is 0 Å². The van der Waals surface area contributed by atoms with E-state index in [-0.39, 0.29) is 0 Å². The third-order valence-electron chi connectivity index (χ3n) is 1.26. The van der Waals surface area contributed by atoms with E-state index in [0.717, 1.165) is 14.2 Å². The predicted molar refractivity (Wildman–Crippen MR) is 63.2 cm³/mol. The van der Waals surface area contributed by atoms with E-state index in [9.17, 15) is 0 Å². The summed E-state index contributed by atoms with van der Waals surface area (Å²) < 4.78 is 2.02. The van der Waals surface area contributed by atoms with Crippen molar-refractivity contribution in [2.24, 2.45) is 0 Å². The molecule has 0 aliphatic carbocycles. The molecular formula is C7H3ClINS2. The molecule has 0 spiro atoms. The summed E-state index contributed by atoms with van der Waals surface area (Å²) in [5.41, 5.74) is 0. The van der Waals surface area contributed by atoms with E-state index in [1.807, 2.05) is 18.3 Å². The Hall–Kier alpha value is 0.350. The van der Waals surface area contributed by atoms with E-state index in [1.54, 1.807) is 22.7 Å². The molecule has 0 N–H and O–H groups in total. The van der Waals surface area contributed by atoms with Crippen molar-refractivity contribution >= 4 is 56.9 Å². The molecule has 5 heteroatoms. The van der Waals surface area contributed by atoms with Gasteiger partial charge in [-0.2, -0.15) is 0 Å². The smallest absolute Gasteiger partial charge is 0.134 e. The van der Waals surface area contributed by atoms with Crippen LogP contribution in [0.5, 0.6) is 0 Å². The standard InChI is InChI=1S/C7H3ClINS2/c8-5-2-1-4(11-5)7-10-3-6(9)12-7/h1-3H. The topological polar surface area (TPSA) is 12.9 Å². The van der Waals surface area contributed by atoms with Crippen molar-refractivity contribution in [2.75, 3.05) is 0 Å². The maximum Gasteiger partial charge on any atom is 0.134 e. The molecule has 2 heterocycles. The molecule has 0 radical (unpaired) electrons. The second-order valence-corrected chi connectivity index (χ2v) is 6.71. The first-order valence-electron chi connectivity index (χ1n) is 3.13. The van der Waals surface area contributed by atoms with E-state index in [4.69, 9.17) is 11.6 Å². The highest BCUT2D eigenvalue weighted by Crippen LogP contribution is 2.33. The quantitative estimate of drug-likeness (QED) is 0.718. The van der Waals surface area contributed by atoms with Crippen LogP contribution in [0.2, 0.25) is 4.34 Å². The van der Waals surface area contributed by atoms with Crippen molar-refractivity contribution in [3.63, 3.8) is 0 Å². The fourth-order valence-corrected chi connectivity index (χ4v) is 3.31. The molecule has 2 aromatic rings. The highest BCUT2D eigenvalue weighted by Gasteiger charge is 2.05. The van der Waals surface area contributed by atoms with E-state index in [0.29, 0.717) is 0 Å². The zero-order valence-electron chi connectivity index (χ0n) is 5.75. The van der Waals surface area contributed by atoms with Crippen LogP contribution in [0.1, 0.15) is 0 Å². The molecule has 0 fully saturated rings. The minimum atomic E-state index is 0.815. The molecule has 0 saturated heterocycles. The minimum absolute atomic E-state index is 0.815. The van der Waals surface area contributed by atoms with Gasteiger partial charge in [0, 0.05) is 0 Å². The molecule has 0 bridgehead atoms. The van der Waals surface area contributed by atoms with Gasteiger partial charge in [-0.15, -0.1) is 22.7 Å². The Morgan fingerprint density at radius 1 is 1.33 bits per heavy atom. The van der Waals surface area contributed by atoms with E-state index < -0.39 is 0 Å². The van der Waals surface area contributed by atoms with Gasteiger partial charge in [-0.1, -0.05) is 11.6 Å². The summed E-state index contributed by atoms with van der Waals surface area (Å²) in [5.74, 6) is 0. The molecule has 1 nitrogen and oxygen atoms in total. The SMILES string of the molecule is Clc1ccc(-c2ncc(I)s2)s1. The van der Waals surface area contributed by atoms with Crippen LogP contribution in [-0.4, -0.2) is 4.98 Å². The van der Waals surface area contributed by atoms with Crippen molar-refractivity contribution in [1.82, 2.24) is 4.98 Å². The Bertz CT molecular complexity index is 357. The monoisotopic (exact) mass is 327 g/mol. The van der Waals surface area contributed by atoms with Gasteiger partial charge < -0.3 is 0 Å². The number of hydrogen-bond acceptors (Lipinski definition) is 3. The fraction of sp³-hybridized carbons (Fsp3) is 0. The summed E-state index contributed by atoms with van der Waals surface area (Å²) in [5, 5.41) is 1.05. The Morgan fingerprint density at radius 3 is 2.67 bits per heavy atom. The van der Waals surface area contributed by atoms with Gasteiger partial charge in [-0.05, 0) is 34.7 Å². The van der Waals surface area contributed by atoms with Crippen molar-refractivity contribution in [2.45, 2.75) is 0 Å². The minimum Gasteiger partial charge on any atom is -0.243 e. The van der Waals surface area contributed by atoms with Gasteiger partial charge in [-0.3, -0.25) is 0 Å². The van der Waals surface area contributed by atoms with Crippen LogP contribution < -0.4 is 0 Å². The summed E-state index contributed by atoms with van der Waals surface area (Å²) in [6, 6.07) is 3.90. The van der Waals surface area contributed by atoms with Crippen LogP contribution >= 0.6 is 56.9 Å². The molecule has 0 unspecified atom stereocenters. The number of thiazole rings is 1. The molecule has 0 saturated carbocycles. The van der Waals surface area contributed by atoms with Crippen LogP contribution in [0.3, 0.4) is 0 Å². The molecular weight excluding hydrogens is 325 g/mol. The third-order valence-corrected chi connectivity index (χ3v) is 4.39. The van der Waals surface area contributed by atoms with Crippen LogP contribution in [0.25, 0.3) is 9.88 Å². The van der Waals surface area contributed by atoms with Crippen molar-refractivity contribution < 1.29 is 0 Å². The second kappa shape index (κ2) is 3.61. The van der Waals surface area contributed by atoms with Gasteiger partial charge >= 0.3 is 0 Å². The van der Waals surface area contributed by atoms with Crippen LogP contribution in [0, 0.1) is 2.88 Å². The normalized spacial score (nSPS) is 10.5. The zero-order valence-corrected chi connectivity index (χ0v) is 10.3. The molecule has 2 rings (SSSR count). The fourth-order valence-electron chi connectivity index (χ4n) is 0.798. The first-order chi connectivity index (χ1) is 5.75. The average molecular weight is 328 g/mol. The van der Waals surface area contributed by atoms with Crippen LogP contribution in [0.15, 0.2) is 18.3 Å². The summed E-state index contributed by atoms with van der Waals surface area (Å²) in [7, 11) is 0. The number of hydrogen-bond donors (Lipinski definition) is 0. The van der Waals surface area contributed by atoms with Gasteiger partial charge in [0.25, 0.3) is 0 Å². The number of halogens is 2. The third kappa shape index (κ3) is 1.81. The van der Waals surface area contributed by atoms with Gasteiger partial charge in [0.1, 0.15) is 5.01 Å². The first kappa shape index (κ1) is 8.93. The molecule has 0 aliphatic rings. The van der Waals surface area contributed by atoms with Gasteiger partial charge in [0.2, 0.25) is 0 Å².